The largest absolute Gasteiger partial charge is 0.346 e. The maximum Gasteiger partial charge on any atom is 0.312 e. The van der Waals surface area contributed by atoms with Crippen LogP contribution in [0.1, 0.15) is 25.0 Å². The Labute approximate surface area is 137 Å². The van der Waals surface area contributed by atoms with Crippen LogP contribution in [0.25, 0.3) is 0 Å². The Morgan fingerprint density at radius 2 is 1.30 bits per heavy atom. The lowest BCUT2D eigenvalue weighted by molar-refractivity contribution is -0.147. The number of hydrogen-bond acceptors (Lipinski definition) is 2. The molecule has 2 aromatic rings. The molecule has 4 nitrogen and oxygen atoms in total. The van der Waals surface area contributed by atoms with Gasteiger partial charge < -0.3 is 10.2 Å². The summed E-state index contributed by atoms with van der Waals surface area (Å²) >= 11 is 0. The second-order valence-corrected chi connectivity index (χ2v) is 5.76. The van der Waals surface area contributed by atoms with Gasteiger partial charge in [0.05, 0.1) is 0 Å². The predicted molar refractivity (Wildman–Crippen MR) is 90.4 cm³/mol. The van der Waals surface area contributed by atoms with Crippen molar-refractivity contribution in [1.29, 1.82) is 0 Å². The molecule has 0 atom stereocenters. The van der Waals surface area contributed by atoms with E-state index in [9.17, 15) is 9.59 Å². The number of rotatable bonds is 5. The van der Waals surface area contributed by atoms with E-state index in [-0.39, 0.29) is 6.04 Å². The third-order valence-corrected chi connectivity index (χ3v) is 3.33. The average Bonchev–Trinajstić information content (AvgIpc) is 2.55. The van der Waals surface area contributed by atoms with E-state index in [1.165, 1.54) is 0 Å². The van der Waals surface area contributed by atoms with Crippen molar-refractivity contribution in [2.45, 2.75) is 33.0 Å². The van der Waals surface area contributed by atoms with Crippen LogP contribution >= 0.6 is 0 Å². The van der Waals surface area contributed by atoms with Crippen LogP contribution in [0, 0.1) is 0 Å². The van der Waals surface area contributed by atoms with Crippen LogP contribution in [0.4, 0.5) is 0 Å². The fourth-order valence-corrected chi connectivity index (χ4v) is 2.27. The normalized spacial score (nSPS) is 10.4. The fraction of sp³-hybridized carbons (Fsp3) is 0.263. The number of nitrogens with one attached hydrogen (secondary N) is 1. The van der Waals surface area contributed by atoms with Gasteiger partial charge in [-0.3, -0.25) is 9.59 Å². The summed E-state index contributed by atoms with van der Waals surface area (Å²) in [5.41, 5.74) is 1.99. The summed E-state index contributed by atoms with van der Waals surface area (Å²) < 4.78 is 0. The molecule has 0 saturated heterocycles. The molecular weight excluding hydrogens is 288 g/mol. The van der Waals surface area contributed by atoms with Gasteiger partial charge >= 0.3 is 11.8 Å². The lowest BCUT2D eigenvalue weighted by Crippen LogP contribution is -2.44. The van der Waals surface area contributed by atoms with Gasteiger partial charge in [0.2, 0.25) is 0 Å². The zero-order chi connectivity index (χ0) is 16.7. The molecule has 0 aliphatic carbocycles. The van der Waals surface area contributed by atoms with E-state index in [1.807, 2.05) is 74.5 Å². The first-order chi connectivity index (χ1) is 11.1. The first kappa shape index (κ1) is 16.7. The van der Waals surface area contributed by atoms with E-state index >= 15 is 0 Å². The molecule has 2 rings (SSSR count). The topological polar surface area (TPSA) is 49.4 Å². The summed E-state index contributed by atoms with van der Waals surface area (Å²) in [7, 11) is 0. The van der Waals surface area contributed by atoms with Crippen LogP contribution < -0.4 is 5.32 Å². The van der Waals surface area contributed by atoms with Crippen LogP contribution in [0.5, 0.6) is 0 Å². The summed E-state index contributed by atoms with van der Waals surface area (Å²) in [6, 6.07) is 19.3. The molecule has 0 fully saturated rings. The number of carbonyl (C=O) groups is 2. The van der Waals surface area contributed by atoms with Gasteiger partial charge in [0, 0.05) is 19.1 Å². The highest BCUT2D eigenvalue weighted by Gasteiger charge is 2.22. The Kier molecular flexibility index (Phi) is 5.92. The van der Waals surface area contributed by atoms with Crippen molar-refractivity contribution < 1.29 is 9.59 Å². The van der Waals surface area contributed by atoms with E-state index in [0.717, 1.165) is 11.1 Å². The van der Waals surface area contributed by atoms with Gasteiger partial charge in [0.25, 0.3) is 0 Å². The summed E-state index contributed by atoms with van der Waals surface area (Å²) in [4.78, 5) is 26.1. The van der Waals surface area contributed by atoms with Crippen molar-refractivity contribution in [2.75, 3.05) is 0 Å². The highest BCUT2D eigenvalue weighted by atomic mass is 16.2. The number of benzene rings is 2. The SMILES string of the molecule is CC(C)NC(=O)C(=O)N(Cc1ccccc1)Cc1ccccc1. The van der Waals surface area contributed by atoms with E-state index in [0.29, 0.717) is 13.1 Å². The molecule has 0 aliphatic rings. The van der Waals surface area contributed by atoms with Gasteiger partial charge in [0.15, 0.2) is 0 Å². The summed E-state index contributed by atoms with van der Waals surface area (Å²) in [6.07, 6.45) is 0. The van der Waals surface area contributed by atoms with Crippen LogP contribution in [0.3, 0.4) is 0 Å². The predicted octanol–water partition coefficient (Wildman–Crippen LogP) is 2.74. The van der Waals surface area contributed by atoms with Gasteiger partial charge in [-0.1, -0.05) is 60.7 Å². The Morgan fingerprint density at radius 1 is 0.870 bits per heavy atom. The van der Waals surface area contributed by atoms with Gasteiger partial charge in [-0.15, -0.1) is 0 Å². The average molecular weight is 310 g/mol. The second kappa shape index (κ2) is 8.13. The van der Waals surface area contributed by atoms with Crippen molar-refractivity contribution in [2.24, 2.45) is 0 Å². The lowest BCUT2D eigenvalue weighted by atomic mass is 10.1. The third-order valence-electron chi connectivity index (χ3n) is 3.33. The molecule has 0 spiro atoms. The van der Waals surface area contributed by atoms with Gasteiger partial charge in [-0.25, -0.2) is 0 Å². The van der Waals surface area contributed by atoms with Crippen LogP contribution in [-0.4, -0.2) is 22.8 Å². The molecule has 0 radical (unpaired) electrons. The van der Waals surface area contributed by atoms with Crippen LogP contribution in [-0.2, 0) is 22.7 Å². The fourth-order valence-electron chi connectivity index (χ4n) is 2.27. The smallest absolute Gasteiger partial charge is 0.312 e. The molecule has 4 heteroatoms. The molecule has 120 valence electrons. The molecule has 0 aliphatic heterocycles. The van der Waals surface area contributed by atoms with E-state index in [2.05, 4.69) is 5.32 Å². The minimum Gasteiger partial charge on any atom is -0.346 e. The number of hydrogen-bond donors (Lipinski definition) is 1. The van der Waals surface area contributed by atoms with Gasteiger partial charge in [0.1, 0.15) is 0 Å². The first-order valence-electron chi connectivity index (χ1n) is 7.74. The molecule has 0 heterocycles. The van der Waals surface area contributed by atoms with Crippen LogP contribution in [0.15, 0.2) is 60.7 Å². The molecular formula is C19H22N2O2. The molecule has 23 heavy (non-hydrogen) atoms. The molecule has 0 bridgehead atoms. The number of carbonyl (C=O) groups excluding carboxylic acids is 2. The second-order valence-electron chi connectivity index (χ2n) is 5.76. The number of amides is 2. The third kappa shape index (κ3) is 5.25. The van der Waals surface area contributed by atoms with Crippen LogP contribution in [0.2, 0.25) is 0 Å². The zero-order valence-corrected chi connectivity index (χ0v) is 13.5. The quantitative estimate of drug-likeness (QED) is 0.863. The lowest BCUT2D eigenvalue weighted by Gasteiger charge is -2.23. The summed E-state index contributed by atoms with van der Waals surface area (Å²) in [6.45, 7) is 4.48. The standard InChI is InChI=1S/C19H22N2O2/c1-15(2)20-18(22)19(23)21(13-16-9-5-3-6-10-16)14-17-11-7-4-8-12-17/h3-12,15H,13-14H2,1-2H3,(H,20,22). The minimum atomic E-state index is -0.563. The van der Waals surface area contributed by atoms with Crippen molar-refractivity contribution in [3.63, 3.8) is 0 Å². The summed E-state index contributed by atoms with van der Waals surface area (Å²) in [5.74, 6) is -1.07. The molecule has 2 amide bonds. The van der Waals surface area contributed by atoms with E-state index < -0.39 is 11.8 Å². The molecule has 0 saturated carbocycles. The molecule has 1 N–H and O–H groups in total. The monoisotopic (exact) mass is 310 g/mol. The first-order valence-corrected chi connectivity index (χ1v) is 7.74. The van der Waals surface area contributed by atoms with Gasteiger partial charge in [-0.2, -0.15) is 0 Å². The van der Waals surface area contributed by atoms with E-state index in [1.54, 1.807) is 4.90 Å². The molecule has 2 aromatic carbocycles. The molecule has 0 unspecified atom stereocenters. The van der Waals surface area contributed by atoms with Crippen molar-refractivity contribution >= 4 is 11.8 Å². The maximum absolute atomic E-state index is 12.5. The minimum absolute atomic E-state index is 0.0678. The zero-order valence-electron chi connectivity index (χ0n) is 13.5. The number of nitrogens with zero attached hydrogens (tertiary/aromatic N) is 1. The van der Waals surface area contributed by atoms with Gasteiger partial charge in [-0.05, 0) is 25.0 Å². The Bertz CT molecular complexity index is 597. The maximum atomic E-state index is 12.5. The van der Waals surface area contributed by atoms with Crippen molar-refractivity contribution in [1.82, 2.24) is 10.2 Å². The molecule has 0 aromatic heterocycles. The van der Waals surface area contributed by atoms with E-state index in [4.69, 9.17) is 0 Å². The Hall–Kier alpha value is -2.62. The Morgan fingerprint density at radius 3 is 1.70 bits per heavy atom. The highest BCUT2D eigenvalue weighted by Crippen LogP contribution is 2.10. The highest BCUT2D eigenvalue weighted by molar-refractivity contribution is 6.35. The van der Waals surface area contributed by atoms with Crippen molar-refractivity contribution in [3.8, 4) is 0 Å². The van der Waals surface area contributed by atoms with Crippen molar-refractivity contribution in [3.05, 3.63) is 71.8 Å². The Balaban J connectivity index is 2.16. The summed E-state index contributed by atoms with van der Waals surface area (Å²) in [5, 5.41) is 2.66.